The lowest BCUT2D eigenvalue weighted by Gasteiger charge is -2.11. The largest absolute Gasteiger partial charge is 0.445 e. The molecule has 0 atom stereocenters. The minimum atomic E-state index is -1.47. The van der Waals surface area contributed by atoms with Crippen molar-refractivity contribution in [3.8, 4) is 23.8 Å². The number of nitrogens with zero attached hydrogens (tertiary/aromatic N) is 1. The molecule has 5 heteroatoms. The average molecular weight is 251 g/mol. The first-order chi connectivity index (χ1) is 7.78. The Morgan fingerprint density at radius 3 is 2.41 bits per heavy atom. The SMILES string of the molecule is C#CCN(C)C(=O)C(=O)OCC#C[Si](C)(C)C. The van der Waals surface area contributed by atoms with E-state index in [9.17, 15) is 9.59 Å². The Morgan fingerprint density at radius 2 is 1.94 bits per heavy atom. The average Bonchev–Trinajstić information content (AvgIpc) is 2.22. The summed E-state index contributed by atoms with van der Waals surface area (Å²) in [6, 6.07) is 0. The fourth-order valence-electron chi connectivity index (χ4n) is 0.829. The summed E-state index contributed by atoms with van der Waals surface area (Å²) in [7, 11) is -0.0235. The van der Waals surface area contributed by atoms with Crippen molar-refractivity contribution in [2.24, 2.45) is 0 Å². The van der Waals surface area contributed by atoms with E-state index < -0.39 is 20.0 Å². The first-order valence-corrected chi connectivity index (χ1v) is 8.63. The lowest BCUT2D eigenvalue weighted by molar-refractivity contribution is -0.158. The quantitative estimate of drug-likeness (QED) is 0.311. The molecule has 0 saturated carbocycles. The first kappa shape index (κ1) is 15.3. The molecule has 0 aliphatic carbocycles. The molecule has 0 aliphatic heterocycles. The molecule has 0 spiro atoms. The molecule has 0 aromatic rings. The van der Waals surface area contributed by atoms with Crippen molar-refractivity contribution >= 4 is 20.0 Å². The van der Waals surface area contributed by atoms with Crippen molar-refractivity contribution in [2.75, 3.05) is 20.2 Å². The Labute approximate surface area is 103 Å². The van der Waals surface area contributed by atoms with Gasteiger partial charge in [-0.2, -0.15) is 0 Å². The van der Waals surface area contributed by atoms with Gasteiger partial charge in [0.1, 0.15) is 8.07 Å². The predicted molar refractivity (Wildman–Crippen MR) is 68.6 cm³/mol. The lowest BCUT2D eigenvalue weighted by Crippen LogP contribution is -2.34. The van der Waals surface area contributed by atoms with Crippen molar-refractivity contribution in [1.29, 1.82) is 0 Å². The van der Waals surface area contributed by atoms with Crippen LogP contribution >= 0.6 is 0 Å². The highest BCUT2D eigenvalue weighted by molar-refractivity contribution is 6.83. The summed E-state index contributed by atoms with van der Waals surface area (Å²) in [5, 5.41) is 0. The van der Waals surface area contributed by atoms with Crippen LogP contribution in [-0.2, 0) is 14.3 Å². The molecule has 0 unspecified atom stereocenters. The number of likely N-dealkylation sites (N-methyl/N-ethyl adjacent to an activating group) is 1. The number of carbonyl (C=O) groups excluding carboxylic acids is 2. The van der Waals surface area contributed by atoms with Crippen molar-refractivity contribution in [1.82, 2.24) is 4.90 Å². The minimum Gasteiger partial charge on any atom is -0.445 e. The summed E-state index contributed by atoms with van der Waals surface area (Å²) in [6.45, 7) is 6.25. The van der Waals surface area contributed by atoms with Crippen LogP contribution in [0.25, 0.3) is 0 Å². The van der Waals surface area contributed by atoms with Crippen LogP contribution in [0.1, 0.15) is 0 Å². The van der Waals surface area contributed by atoms with Gasteiger partial charge in [-0.1, -0.05) is 31.5 Å². The summed E-state index contributed by atoms with van der Waals surface area (Å²) in [5.41, 5.74) is 3.02. The van der Waals surface area contributed by atoms with E-state index in [1.54, 1.807) is 0 Å². The fourth-order valence-corrected chi connectivity index (χ4v) is 1.43. The van der Waals surface area contributed by atoms with Gasteiger partial charge in [0.15, 0.2) is 6.61 Å². The van der Waals surface area contributed by atoms with Gasteiger partial charge in [-0.15, -0.1) is 12.0 Å². The van der Waals surface area contributed by atoms with Gasteiger partial charge in [0.2, 0.25) is 0 Å². The second-order valence-electron chi connectivity index (χ2n) is 4.49. The zero-order valence-corrected chi connectivity index (χ0v) is 11.7. The summed E-state index contributed by atoms with van der Waals surface area (Å²) >= 11 is 0. The van der Waals surface area contributed by atoms with E-state index in [0.717, 1.165) is 4.90 Å². The van der Waals surface area contributed by atoms with E-state index in [1.165, 1.54) is 7.05 Å². The lowest BCUT2D eigenvalue weighted by atomic mass is 10.5. The zero-order chi connectivity index (χ0) is 13.5. The van der Waals surface area contributed by atoms with E-state index in [-0.39, 0.29) is 13.2 Å². The molecule has 0 N–H and O–H groups in total. The van der Waals surface area contributed by atoms with Crippen LogP contribution in [-0.4, -0.2) is 45.0 Å². The van der Waals surface area contributed by atoms with E-state index >= 15 is 0 Å². The van der Waals surface area contributed by atoms with Crippen molar-refractivity contribution in [2.45, 2.75) is 19.6 Å². The molecule has 0 bridgehead atoms. The Morgan fingerprint density at radius 1 is 1.35 bits per heavy atom. The molecule has 0 radical (unpaired) electrons. The third kappa shape index (κ3) is 7.21. The molecule has 0 heterocycles. The molecule has 92 valence electrons. The monoisotopic (exact) mass is 251 g/mol. The Kier molecular flexibility index (Phi) is 6.09. The number of amides is 1. The summed E-state index contributed by atoms with van der Waals surface area (Å²) in [5.74, 6) is 3.33. The summed E-state index contributed by atoms with van der Waals surface area (Å²) in [6.07, 6.45) is 5.02. The van der Waals surface area contributed by atoms with Crippen molar-refractivity contribution < 1.29 is 14.3 Å². The van der Waals surface area contributed by atoms with E-state index in [4.69, 9.17) is 11.2 Å². The van der Waals surface area contributed by atoms with Gasteiger partial charge < -0.3 is 9.64 Å². The summed E-state index contributed by atoms with van der Waals surface area (Å²) in [4.78, 5) is 23.7. The zero-order valence-electron chi connectivity index (χ0n) is 10.7. The Balaban J connectivity index is 4.15. The van der Waals surface area contributed by atoms with Crippen LogP contribution in [0.15, 0.2) is 0 Å². The second kappa shape index (κ2) is 6.77. The normalized spacial score (nSPS) is 9.59. The maximum absolute atomic E-state index is 11.3. The molecule has 0 rings (SSSR count). The Bertz CT molecular complexity index is 393. The number of hydrogen-bond acceptors (Lipinski definition) is 3. The van der Waals surface area contributed by atoms with Crippen LogP contribution < -0.4 is 0 Å². The van der Waals surface area contributed by atoms with E-state index in [0.29, 0.717) is 0 Å². The van der Waals surface area contributed by atoms with Gasteiger partial charge in [-0.05, 0) is 0 Å². The van der Waals surface area contributed by atoms with Gasteiger partial charge in [0.25, 0.3) is 0 Å². The predicted octanol–water partition coefficient (Wildman–Crippen LogP) is 0.502. The number of rotatable bonds is 2. The van der Waals surface area contributed by atoms with E-state index in [2.05, 4.69) is 37.0 Å². The third-order valence-electron chi connectivity index (χ3n) is 1.59. The number of terminal acetylenes is 1. The molecular weight excluding hydrogens is 234 g/mol. The minimum absolute atomic E-state index is 0.0568. The second-order valence-corrected chi connectivity index (χ2v) is 9.24. The summed E-state index contributed by atoms with van der Waals surface area (Å²) < 4.78 is 4.72. The van der Waals surface area contributed by atoms with Gasteiger partial charge >= 0.3 is 11.9 Å². The van der Waals surface area contributed by atoms with Crippen molar-refractivity contribution in [3.63, 3.8) is 0 Å². The van der Waals surface area contributed by atoms with E-state index in [1.807, 2.05) is 0 Å². The standard InChI is InChI=1S/C12H17NO3Si/c1-6-8-13(2)11(14)12(15)16-9-7-10-17(3,4)5/h1H,8-9H2,2-5H3. The number of ether oxygens (including phenoxy) is 1. The molecule has 17 heavy (non-hydrogen) atoms. The highest BCUT2D eigenvalue weighted by Gasteiger charge is 2.19. The molecule has 1 amide bonds. The molecule has 0 aromatic carbocycles. The highest BCUT2D eigenvalue weighted by Crippen LogP contribution is 1.96. The number of carbonyl (C=O) groups is 2. The van der Waals surface area contributed by atoms with Gasteiger partial charge in [-0.3, -0.25) is 4.79 Å². The fraction of sp³-hybridized carbons (Fsp3) is 0.500. The Hall–Kier alpha value is -1.72. The maximum atomic E-state index is 11.3. The maximum Gasteiger partial charge on any atom is 0.398 e. The molecule has 0 fully saturated rings. The van der Waals surface area contributed by atoms with Crippen LogP contribution in [0, 0.1) is 23.8 Å². The topological polar surface area (TPSA) is 46.6 Å². The van der Waals surface area contributed by atoms with Crippen LogP contribution in [0.4, 0.5) is 0 Å². The molecular formula is C12H17NO3Si. The molecule has 0 saturated heterocycles. The van der Waals surface area contributed by atoms with Crippen LogP contribution in [0.5, 0.6) is 0 Å². The molecule has 0 aromatic heterocycles. The van der Waals surface area contributed by atoms with Gasteiger partial charge in [0, 0.05) is 7.05 Å². The van der Waals surface area contributed by atoms with Gasteiger partial charge in [0.05, 0.1) is 6.54 Å². The smallest absolute Gasteiger partial charge is 0.398 e. The van der Waals surface area contributed by atoms with Crippen LogP contribution in [0.3, 0.4) is 0 Å². The van der Waals surface area contributed by atoms with Gasteiger partial charge in [-0.25, -0.2) is 4.79 Å². The third-order valence-corrected chi connectivity index (χ3v) is 2.52. The number of hydrogen-bond donors (Lipinski definition) is 0. The highest BCUT2D eigenvalue weighted by atomic mass is 28.3. The molecule has 0 aliphatic rings. The molecule has 4 nitrogen and oxygen atoms in total. The van der Waals surface area contributed by atoms with Crippen molar-refractivity contribution in [3.05, 3.63) is 0 Å². The number of esters is 1. The van der Waals surface area contributed by atoms with Crippen LogP contribution in [0.2, 0.25) is 19.6 Å². The first-order valence-electron chi connectivity index (χ1n) is 5.13.